The first kappa shape index (κ1) is 20.2. The summed E-state index contributed by atoms with van der Waals surface area (Å²) in [6.07, 6.45) is 2.80. The zero-order chi connectivity index (χ0) is 10.9. The smallest absolute Gasteiger partial charge is 0.343 e. The van der Waals surface area contributed by atoms with Crippen LogP contribution in [0, 0.1) is 24.2 Å². The van der Waals surface area contributed by atoms with Crippen molar-refractivity contribution >= 4 is 20.2 Å². The molecule has 0 spiro atoms. The second-order valence-corrected chi connectivity index (χ2v) is 4.52. The van der Waals surface area contributed by atoms with Crippen molar-refractivity contribution < 1.29 is 42.9 Å². The van der Waals surface area contributed by atoms with E-state index in [0.29, 0.717) is 0 Å². The van der Waals surface area contributed by atoms with Gasteiger partial charge in [-0.05, 0) is 6.42 Å². The van der Waals surface area contributed by atoms with Crippen molar-refractivity contribution in [2.75, 3.05) is 0 Å². The summed E-state index contributed by atoms with van der Waals surface area (Å²) in [5.74, 6) is 0.243. The van der Waals surface area contributed by atoms with Crippen molar-refractivity contribution in [1.82, 2.24) is 0 Å². The average Bonchev–Trinajstić information content (AvgIpc) is 1.97. The molecule has 78 valence electrons. The minimum Gasteiger partial charge on any atom is -0.343 e. The molecule has 1 unspecified atom stereocenters. The molecule has 0 bridgehead atoms. The number of hydrogen-bond donors (Lipinski definition) is 2. The van der Waals surface area contributed by atoms with Crippen molar-refractivity contribution in [2.24, 2.45) is 5.92 Å². The predicted octanol–water partition coefficient (Wildman–Crippen LogP) is -1.17. The fourth-order valence-electron chi connectivity index (χ4n) is 0.606. The number of nitriles is 1. The largest absolute Gasteiger partial charge is 1.00 e. The minimum atomic E-state index is -3.83. The molecule has 0 rings (SSSR count). The van der Waals surface area contributed by atoms with Crippen LogP contribution in [0.25, 0.3) is 0 Å². The topological polar surface area (TPSA) is 81.3 Å². The minimum absolute atomic E-state index is 0. The summed E-state index contributed by atoms with van der Waals surface area (Å²) in [6.45, 7) is 5.70. The van der Waals surface area contributed by atoms with Gasteiger partial charge in [0.15, 0.2) is 0 Å². The zero-order valence-corrected chi connectivity index (χ0v) is 12.1. The van der Waals surface area contributed by atoms with E-state index in [0.717, 1.165) is 19.3 Å². The van der Waals surface area contributed by atoms with Gasteiger partial charge in [0.1, 0.15) is 0 Å². The third-order valence-corrected chi connectivity index (χ3v) is 1.23. The molecule has 0 radical (unpaired) electrons. The average molecular weight is 247 g/mol. The molecule has 0 heterocycles. The maximum atomic E-state index is 9.11. The van der Waals surface area contributed by atoms with E-state index in [1.54, 1.807) is 0 Å². The Morgan fingerprint density at radius 1 is 1.64 bits per heavy atom. The molecule has 4 nitrogen and oxygen atoms in total. The quantitative estimate of drug-likeness (QED) is 0.485. The van der Waals surface area contributed by atoms with Gasteiger partial charge in [0.25, 0.3) is 9.05 Å². The summed E-state index contributed by atoms with van der Waals surface area (Å²) in [7, 11) is -3.83. The summed E-state index contributed by atoms with van der Waals surface area (Å²) in [5.41, 5.74) is 0. The molecule has 0 amide bonds. The summed E-state index contributed by atoms with van der Waals surface area (Å²) >= 11 is 3.47. The Labute approximate surface area is 113 Å². The Hall–Kier alpha value is 0.780. The van der Waals surface area contributed by atoms with Gasteiger partial charge in [0, 0.05) is 17.1 Å². The van der Waals surface area contributed by atoms with Gasteiger partial charge < -0.3 is 6.92 Å². The number of nitrogens with zero attached hydrogens (tertiary/aromatic N) is 1. The Morgan fingerprint density at radius 3 is 2.07 bits per heavy atom. The van der Waals surface area contributed by atoms with Gasteiger partial charge in [-0.3, -0.25) is 9.11 Å². The molecule has 0 saturated heterocycles. The van der Waals surface area contributed by atoms with Crippen LogP contribution in [0.2, 0.25) is 0 Å². The van der Waals surface area contributed by atoms with Gasteiger partial charge in [-0.25, -0.2) is 0 Å². The van der Waals surface area contributed by atoms with Crippen LogP contribution < -0.4 is 29.6 Å². The first-order chi connectivity index (χ1) is 5.85. The molecule has 0 aliphatic rings. The van der Waals surface area contributed by atoms with Crippen LogP contribution in [0.4, 0.5) is 0 Å². The van der Waals surface area contributed by atoms with E-state index in [1.165, 1.54) is 0 Å². The molecule has 0 aromatic heterocycles. The number of rotatable bonds is 3. The molecule has 0 aromatic carbocycles. The van der Waals surface area contributed by atoms with Crippen LogP contribution in [0.15, 0.2) is 0 Å². The Bertz CT molecular complexity index is 240. The predicted molar refractivity (Wildman–Crippen MR) is 54.8 cm³/mol. The van der Waals surface area contributed by atoms with E-state index in [9.17, 15) is 0 Å². The van der Waals surface area contributed by atoms with Crippen LogP contribution in [0.5, 0.6) is 0 Å². The van der Waals surface area contributed by atoms with Gasteiger partial charge in [-0.1, -0.05) is 13.3 Å². The fraction of sp³-hybridized carbons (Fsp3) is 0.714. The molecule has 0 aliphatic carbocycles. The van der Waals surface area contributed by atoms with Crippen LogP contribution in [-0.4, -0.2) is 13.3 Å². The maximum Gasteiger partial charge on any atom is 1.00 e. The second-order valence-electron chi connectivity index (χ2n) is 2.32. The summed E-state index contributed by atoms with van der Waals surface area (Å²) in [5, 5.41) is 8.38. The normalized spacial score (nSPS) is 11.4. The molecule has 1 atom stereocenters. The van der Waals surface area contributed by atoms with Crippen LogP contribution >= 0.6 is 0 Å². The van der Waals surface area contributed by atoms with Crippen molar-refractivity contribution in [3.05, 3.63) is 6.92 Å². The van der Waals surface area contributed by atoms with E-state index in [1.807, 2.05) is 6.92 Å². The Balaban J connectivity index is -0.000000177. The monoisotopic (exact) mass is 247 g/mol. The van der Waals surface area contributed by atoms with E-state index in [2.05, 4.69) is 24.2 Å². The molecular formula is C7H14NNaO3S2. The van der Waals surface area contributed by atoms with Gasteiger partial charge in [0.05, 0.1) is 6.07 Å². The van der Waals surface area contributed by atoms with Crippen molar-refractivity contribution in [3.8, 4) is 6.07 Å². The van der Waals surface area contributed by atoms with Crippen LogP contribution in [0.1, 0.15) is 26.2 Å². The molecule has 0 saturated carbocycles. The van der Waals surface area contributed by atoms with Crippen molar-refractivity contribution in [3.63, 3.8) is 0 Å². The molecule has 7 heteroatoms. The third-order valence-electron chi connectivity index (χ3n) is 1.23. The summed E-state index contributed by atoms with van der Waals surface area (Å²) in [6, 6.07) is 2.21. The van der Waals surface area contributed by atoms with Gasteiger partial charge in [-0.15, -0.1) is 0 Å². The van der Waals surface area contributed by atoms with E-state index in [-0.39, 0.29) is 35.5 Å². The third kappa shape index (κ3) is 29.3. The van der Waals surface area contributed by atoms with Crippen molar-refractivity contribution in [2.45, 2.75) is 26.2 Å². The molecule has 0 aliphatic heterocycles. The van der Waals surface area contributed by atoms with Gasteiger partial charge in [0.2, 0.25) is 0 Å². The van der Waals surface area contributed by atoms with E-state index >= 15 is 0 Å². The fourth-order valence-corrected chi connectivity index (χ4v) is 0.606. The number of hydrogen-bond acceptors (Lipinski definition) is 3. The second kappa shape index (κ2) is 11.9. The van der Waals surface area contributed by atoms with Crippen LogP contribution in [-0.2, 0) is 20.2 Å². The Kier molecular flexibility index (Phi) is 17.1. The van der Waals surface area contributed by atoms with Crippen molar-refractivity contribution in [1.29, 1.82) is 5.26 Å². The maximum absolute atomic E-state index is 9.11. The van der Waals surface area contributed by atoms with Gasteiger partial charge in [-0.2, -0.15) is 15.9 Å². The summed E-state index contributed by atoms with van der Waals surface area (Å²) < 4.78 is 24.0. The molecule has 14 heavy (non-hydrogen) atoms. The molecular weight excluding hydrogens is 233 g/mol. The zero-order valence-electron chi connectivity index (χ0n) is 8.47. The SMILES string of the molecule is O=S(O)(O)=S.[CH2-]CCC(C#N)CC.[Na+]. The van der Waals surface area contributed by atoms with E-state index in [4.69, 9.17) is 18.6 Å². The van der Waals surface area contributed by atoms with Crippen LogP contribution in [0.3, 0.4) is 0 Å². The summed E-state index contributed by atoms with van der Waals surface area (Å²) in [4.78, 5) is 0. The Morgan fingerprint density at radius 2 is 2.00 bits per heavy atom. The van der Waals surface area contributed by atoms with E-state index < -0.39 is 9.05 Å². The molecule has 0 aromatic rings. The first-order valence-corrected chi connectivity index (χ1v) is 6.13. The molecule has 0 fully saturated rings. The first-order valence-electron chi connectivity index (χ1n) is 3.73. The van der Waals surface area contributed by atoms with Gasteiger partial charge >= 0.3 is 29.6 Å². The molecule has 2 N–H and O–H groups in total. The standard InChI is InChI=1S/C7H12N.Na.H2O3S2/c1-3-5-7(4-2)6-8;;1-5(2,3)4/h7H,1,3-5H2,2H3;;(H2,1,2,3,4)/q-1;+1;.